The number of amides is 3. The van der Waals surface area contributed by atoms with Crippen LogP contribution in [0.3, 0.4) is 0 Å². The summed E-state index contributed by atoms with van der Waals surface area (Å²) in [5.41, 5.74) is 0. The van der Waals surface area contributed by atoms with Crippen LogP contribution >= 0.6 is 0 Å². The highest BCUT2D eigenvalue weighted by atomic mass is 16.4. The van der Waals surface area contributed by atoms with E-state index in [0.29, 0.717) is 13.1 Å². The van der Waals surface area contributed by atoms with Crippen LogP contribution in [0.5, 0.6) is 0 Å². The van der Waals surface area contributed by atoms with Crippen molar-refractivity contribution < 1.29 is 19.5 Å². The van der Waals surface area contributed by atoms with Crippen LogP contribution in [-0.2, 0) is 9.59 Å². The zero-order valence-corrected chi connectivity index (χ0v) is 11.8. The summed E-state index contributed by atoms with van der Waals surface area (Å²) in [5.74, 6) is -1.50. The van der Waals surface area contributed by atoms with Crippen LogP contribution < -0.4 is 16.0 Å². The number of hydrogen-bond acceptors (Lipinski definition) is 4. The van der Waals surface area contributed by atoms with Crippen molar-refractivity contribution >= 4 is 17.9 Å². The first kappa shape index (κ1) is 16.2. The molecule has 0 saturated carbocycles. The number of carboxylic acids is 1. The van der Waals surface area contributed by atoms with Crippen LogP contribution in [0.4, 0.5) is 4.79 Å². The Morgan fingerprint density at radius 1 is 1.25 bits per heavy atom. The zero-order chi connectivity index (χ0) is 15.1. The van der Waals surface area contributed by atoms with Gasteiger partial charge in [0.15, 0.2) is 0 Å². The molecule has 0 aromatic heterocycles. The molecule has 1 heterocycles. The minimum absolute atomic E-state index is 0.129. The fraction of sp³-hybridized carbons (Fsp3) is 0.750. The standard InChI is InChI=1S/C12H22N4O4/c1-8(2)10(11(18)19)15-12(20)14-7-9(17)16-5-3-13-4-6-16/h8,10,13H,3-7H2,1-2H3,(H,18,19)(H2,14,15,20)/t10-/m1/s1. The predicted molar refractivity (Wildman–Crippen MR) is 72.2 cm³/mol. The van der Waals surface area contributed by atoms with Crippen LogP contribution in [0, 0.1) is 5.92 Å². The van der Waals surface area contributed by atoms with Crippen LogP contribution in [0.1, 0.15) is 13.8 Å². The van der Waals surface area contributed by atoms with E-state index in [4.69, 9.17) is 5.11 Å². The third-order valence-corrected chi connectivity index (χ3v) is 3.09. The molecule has 114 valence electrons. The molecule has 0 aliphatic carbocycles. The van der Waals surface area contributed by atoms with Gasteiger partial charge in [-0.15, -0.1) is 0 Å². The fourth-order valence-electron chi connectivity index (χ4n) is 1.89. The highest BCUT2D eigenvalue weighted by molar-refractivity contribution is 5.86. The average molecular weight is 286 g/mol. The molecule has 3 amide bonds. The Morgan fingerprint density at radius 3 is 2.35 bits per heavy atom. The number of aliphatic carboxylic acids is 1. The number of carbonyl (C=O) groups is 3. The number of rotatable bonds is 5. The summed E-state index contributed by atoms with van der Waals surface area (Å²) in [6.45, 7) is 5.99. The first-order valence-electron chi connectivity index (χ1n) is 6.67. The monoisotopic (exact) mass is 286 g/mol. The molecule has 1 rings (SSSR count). The number of carboxylic acid groups (broad SMARTS) is 1. The summed E-state index contributed by atoms with van der Waals surface area (Å²) in [6.07, 6.45) is 0. The molecule has 4 N–H and O–H groups in total. The van der Waals surface area contributed by atoms with E-state index in [9.17, 15) is 14.4 Å². The largest absolute Gasteiger partial charge is 0.480 e. The van der Waals surface area contributed by atoms with Crippen LogP contribution in [-0.4, -0.2) is 66.7 Å². The molecule has 0 bridgehead atoms. The van der Waals surface area contributed by atoms with E-state index < -0.39 is 18.0 Å². The van der Waals surface area contributed by atoms with Gasteiger partial charge < -0.3 is 26.0 Å². The number of nitrogens with one attached hydrogen (secondary N) is 3. The van der Waals surface area contributed by atoms with E-state index in [1.807, 2.05) is 0 Å². The van der Waals surface area contributed by atoms with Crippen molar-refractivity contribution in [1.29, 1.82) is 0 Å². The Bertz CT molecular complexity index is 366. The lowest BCUT2D eigenvalue weighted by Gasteiger charge is -2.27. The van der Waals surface area contributed by atoms with Gasteiger partial charge in [-0.1, -0.05) is 13.8 Å². The van der Waals surface area contributed by atoms with E-state index >= 15 is 0 Å². The maximum atomic E-state index is 11.8. The summed E-state index contributed by atoms with van der Waals surface area (Å²) >= 11 is 0. The lowest BCUT2D eigenvalue weighted by Crippen LogP contribution is -2.53. The van der Waals surface area contributed by atoms with Gasteiger partial charge in [0.05, 0.1) is 6.54 Å². The quantitative estimate of drug-likeness (QED) is 0.509. The van der Waals surface area contributed by atoms with Crippen LogP contribution in [0.25, 0.3) is 0 Å². The molecule has 1 aliphatic rings. The molecule has 0 aromatic carbocycles. The SMILES string of the molecule is CC(C)[C@@H](NC(=O)NCC(=O)N1CCNCC1)C(=O)O. The smallest absolute Gasteiger partial charge is 0.326 e. The molecule has 1 aliphatic heterocycles. The molecule has 0 aromatic rings. The van der Waals surface area contributed by atoms with Gasteiger partial charge in [0.2, 0.25) is 5.91 Å². The molecule has 0 radical (unpaired) electrons. The van der Waals surface area contributed by atoms with Gasteiger partial charge in [0.1, 0.15) is 6.04 Å². The normalized spacial score (nSPS) is 16.6. The molecule has 1 fully saturated rings. The summed E-state index contributed by atoms with van der Waals surface area (Å²) in [7, 11) is 0. The van der Waals surface area contributed by atoms with E-state index in [1.165, 1.54) is 0 Å². The second kappa shape index (κ2) is 7.68. The zero-order valence-electron chi connectivity index (χ0n) is 11.8. The summed E-state index contributed by atoms with van der Waals surface area (Å²) in [5, 5.41) is 16.8. The summed E-state index contributed by atoms with van der Waals surface area (Å²) in [4.78, 5) is 36.0. The Kier molecular flexibility index (Phi) is 6.23. The number of urea groups is 1. The van der Waals surface area contributed by atoms with Crippen molar-refractivity contribution in [1.82, 2.24) is 20.9 Å². The topological polar surface area (TPSA) is 111 Å². The van der Waals surface area contributed by atoms with Gasteiger partial charge in [-0.25, -0.2) is 9.59 Å². The second-order valence-electron chi connectivity index (χ2n) is 5.02. The molecule has 20 heavy (non-hydrogen) atoms. The molecule has 0 unspecified atom stereocenters. The minimum Gasteiger partial charge on any atom is -0.480 e. The molecule has 1 saturated heterocycles. The minimum atomic E-state index is -1.09. The van der Waals surface area contributed by atoms with Crippen molar-refractivity contribution in [2.75, 3.05) is 32.7 Å². The number of carbonyl (C=O) groups excluding carboxylic acids is 2. The van der Waals surface area contributed by atoms with Gasteiger partial charge in [-0.05, 0) is 5.92 Å². The van der Waals surface area contributed by atoms with Gasteiger partial charge >= 0.3 is 12.0 Å². The van der Waals surface area contributed by atoms with Gasteiger partial charge in [0.25, 0.3) is 0 Å². The number of piperazine rings is 1. The molecule has 8 nitrogen and oxygen atoms in total. The molecular formula is C12H22N4O4. The van der Waals surface area contributed by atoms with Crippen molar-refractivity contribution in [3.8, 4) is 0 Å². The Hall–Kier alpha value is -1.83. The van der Waals surface area contributed by atoms with Crippen molar-refractivity contribution in [2.45, 2.75) is 19.9 Å². The molecular weight excluding hydrogens is 264 g/mol. The lowest BCUT2D eigenvalue weighted by molar-refractivity contribution is -0.140. The van der Waals surface area contributed by atoms with Crippen molar-refractivity contribution in [2.24, 2.45) is 5.92 Å². The lowest BCUT2D eigenvalue weighted by atomic mass is 10.1. The molecule has 0 spiro atoms. The third-order valence-electron chi connectivity index (χ3n) is 3.09. The van der Waals surface area contributed by atoms with Crippen molar-refractivity contribution in [3.05, 3.63) is 0 Å². The fourth-order valence-corrected chi connectivity index (χ4v) is 1.89. The Balaban J connectivity index is 2.34. The summed E-state index contributed by atoms with van der Waals surface area (Å²) < 4.78 is 0. The Labute approximate surface area is 117 Å². The highest BCUT2D eigenvalue weighted by Crippen LogP contribution is 2.01. The van der Waals surface area contributed by atoms with Gasteiger partial charge in [-0.2, -0.15) is 0 Å². The predicted octanol–water partition coefficient (Wildman–Crippen LogP) is -1.17. The first-order chi connectivity index (χ1) is 9.41. The van der Waals surface area contributed by atoms with Gasteiger partial charge in [0, 0.05) is 26.2 Å². The maximum absolute atomic E-state index is 11.8. The van der Waals surface area contributed by atoms with Crippen molar-refractivity contribution in [3.63, 3.8) is 0 Å². The van der Waals surface area contributed by atoms with E-state index in [1.54, 1.807) is 18.7 Å². The average Bonchev–Trinajstić information content (AvgIpc) is 2.42. The van der Waals surface area contributed by atoms with Crippen LogP contribution in [0.15, 0.2) is 0 Å². The van der Waals surface area contributed by atoms with E-state index in [-0.39, 0.29) is 18.4 Å². The third kappa shape index (κ3) is 5.04. The maximum Gasteiger partial charge on any atom is 0.326 e. The van der Waals surface area contributed by atoms with Crippen LogP contribution in [0.2, 0.25) is 0 Å². The summed E-state index contributed by atoms with van der Waals surface area (Å²) in [6, 6.07) is -1.61. The highest BCUT2D eigenvalue weighted by Gasteiger charge is 2.24. The van der Waals surface area contributed by atoms with Gasteiger partial charge in [-0.3, -0.25) is 4.79 Å². The number of nitrogens with zero attached hydrogens (tertiary/aromatic N) is 1. The van der Waals surface area contributed by atoms with E-state index in [2.05, 4.69) is 16.0 Å². The number of hydrogen-bond donors (Lipinski definition) is 4. The second-order valence-corrected chi connectivity index (χ2v) is 5.02. The molecule has 1 atom stereocenters. The van der Waals surface area contributed by atoms with E-state index in [0.717, 1.165) is 13.1 Å². The Morgan fingerprint density at radius 2 is 1.85 bits per heavy atom. The first-order valence-corrected chi connectivity index (χ1v) is 6.67. The molecule has 8 heteroatoms.